The van der Waals surface area contributed by atoms with Gasteiger partial charge in [-0.25, -0.2) is 0 Å². The molecule has 2 unspecified atom stereocenters. The van der Waals surface area contributed by atoms with Crippen LogP contribution in [0.4, 0.5) is 0 Å². The van der Waals surface area contributed by atoms with Crippen LogP contribution >= 0.6 is 0 Å². The number of nitrogens with zero attached hydrogens (tertiary/aromatic N) is 1. The number of para-hydroxylation sites is 2. The Morgan fingerprint density at radius 3 is 1.95 bits per heavy atom. The first-order chi connectivity index (χ1) is 20.2. The van der Waals surface area contributed by atoms with Crippen molar-refractivity contribution in [2.75, 3.05) is 19.8 Å². The normalized spacial score (nSPS) is 16.9. The minimum absolute atomic E-state index is 0.162. The molecule has 3 aromatic rings. The van der Waals surface area contributed by atoms with Gasteiger partial charge in [-0.2, -0.15) is 0 Å². The third-order valence-corrected chi connectivity index (χ3v) is 7.93. The number of hydrogen-bond donors (Lipinski definition) is 3. The molecule has 1 aliphatic heterocycles. The number of nitrogens with one attached hydrogen (secondary N) is 1. The fourth-order valence-electron chi connectivity index (χ4n) is 5.70. The lowest BCUT2D eigenvalue weighted by Crippen LogP contribution is -2.56. The number of benzene rings is 3. The molecule has 8 nitrogen and oxygen atoms in total. The van der Waals surface area contributed by atoms with E-state index in [1.165, 1.54) is 0 Å². The van der Waals surface area contributed by atoms with E-state index in [1.54, 1.807) is 4.90 Å². The van der Waals surface area contributed by atoms with Crippen LogP contribution in [0.25, 0.3) is 0 Å². The van der Waals surface area contributed by atoms with Crippen LogP contribution in [-0.2, 0) is 16.0 Å². The van der Waals surface area contributed by atoms with E-state index < -0.39 is 30.2 Å². The third kappa shape index (κ3) is 7.69. The molecule has 1 heterocycles. The van der Waals surface area contributed by atoms with Crippen molar-refractivity contribution in [1.29, 1.82) is 0 Å². The maximum atomic E-state index is 13.2. The Balaban J connectivity index is 1.44. The van der Waals surface area contributed by atoms with Gasteiger partial charge < -0.3 is 29.9 Å². The minimum atomic E-state index is -1.33. The van der Waals surface area contributed by atoms with Gasteiger partial charge in [-0.15, -0.1) is 0 Å². The number of ether oxygens (including phenoxy) is 2. The van der Waals surface area contributed by atoms with E-state index in [4.69, 9.17) is 9.47 Å². The predicted molar refractivity (Wildman–Crippen MR) is 162 cm³/mol. The van der Waals surface area contributed by atoms with Gasteiger partial charge in [0.2, 0.25) is 0 Å². The molecule has 42 heavy (non-hydrogen) atoms. The van der Waals surface area contributed by atoms with Crippen molar-refractivity contribution in [3.63, 3.8) is 0 Å². The van der Waals surface area contributed by atoms with Crippen molar-refractivity contribution >= 4 is 11.8 Å². The highest BCUT2D eigenvalue weighted by Gasteiger charge is 2.40. The van der Waals surface area contributed by atoms with Crippen LogP contribution in [0, 0.1) is 27.7 Å². The van der Waals surface area contributed by atoms with E-state index in [-0.39, 0.29) is 19.1 Å². The van der Waals surface area contributed by atoms with Crippen molar-refractivity contribution < 1.29 is 29.3 Å². The van der Waals surface area contributed by atoms with Crippen LogP contribution in [0.3, 0.4) is 0 Å². The average molecular weight is 575 g/mol. The summed E-state index contributed by atoms with van der Waals surface area (Å²) in [5.74, 6) is 0.662. The molecule has 1 saturated heterocycles. The number of hydrogen-bond acceptors (Lipinski definition) is 6. The van der Waals surface area contributed by atoms with Crippen LogP contribution < -0.4 is 14.8 Å². The van der Waals surface area contributed by atoms with Gasteiger partial charge in [-0.3, -0.25) is 9.59 Å². The molecule has 3 N–H and O–H groups in total. The number of carbonyl (C=O) groups excluding carboxylic acids is 2. The van der Waals surface area contributed by atoms with Gasteiger partial charge in [-0.05, 0) is 74.8 Å². The first-order valence-electron chi connectivity index (χ1n) is 14.5. The minimum Gasteiger partial charge on any atom is -0.483 e. The molecule has 0 radical (unpaired) electrons. The fraction of sp³-hybridized carbons (Fsp3) is 0.412. The molecule has 4 atom stereocenters. The van der Waals surface area contributed by atoms with Gasteiger partial charge in [0.05, 0.1) is 12.1 Å². The summed E-state index contributed by atoms with van der Waals surface area (Å²) in [5, 5.41) is 25.7. The number of amides is 2. The molecule has 224 valence electrons. The number of aliphatic hydroxyl groups is 2. The molecule has 0 saturated carbocycles. The summed E-state index contributed by atoms with van der Waals surface area (Å²) in [6.07, 6.45) is -1.07. The summed E-state index contributed by atoms with van der Waals surface area (Å²) >= 11 is 0. The van der Waals surface area contributed by atoms with Crippen molar-refractivity contribution in [1.82, 2.24) is 10.2 Å². The van der Waals surface area contributed by atoms with Gasteiger partial charge in [-0.1, -0.05) is 66.7 Å². The summed E-state index contributed by atoms with van der Waals surface area (Å²) in [6.45, 7) is 7.76. The van der Waals surface area contributed by atoms with Gasteiger partial charge in [0.15, 0.2) is 13.2 Å². The Morgan fingerprint density at radius 2 is 1.38 bits per heavy atom. The molecular formula is C34H42N2O6. The highest BCUT2D eigenvalue weighted by atomic mass is 16.5. The Labute approximate surface area is 248 Å². The van der Waals surface area contributed by atoms with E-state index in [0.717, 1.165) is 27.8 Å². The van der Waals surface area contributed by atoms with Crippen molar-refractivity contribution in [3.05, 3.63) is 94.5 Å². The molecule has 3 aromatic carbocycles. The fourth-order valence-corrected chi connectivity index (χ4v) is 5.70. The largest absolute Gasteiger partial charge is 0.483 e. The van der Waals surface area contributed by atoms with Gasteiger partial charge >= 0.3 is 0 Å². The Kier molecular flexibility index (Phi) is 10.6. The SMILES string of the molecule is Cc1cccc(C)c1OCC(=O)N[C@@H](Cc1ccccc1)C(O)C(O)[C@H]1CCCN1C(=O)COc1c(C)cccc1C. The zero-order valence-corrected chi connectivity index (χ0v) is 24.9. The van der Waals surface area contributed by atoms with Crippen molar-refractivity contribution in [3.8, 4) is 11.5 Å². The molecule has 0 aromatic heterocycles. The van der Waals surface area contributed by atoms with Crippen LogP contribution in [0.15, 0.2) is 66.7 Å². The summed E-state index contributed by atoms with van der Waals surface area (Å²) < 4.78 is 11.7. The molecule has 2 amide bonds. The Hall–Kier alpha value is -3.88. The van der Waals surface area contributed by atoms with E-state index in [9.17, 15) is 19.8 Å². The van der Waals surface area contributed by atoms with E-state index in [1.807, 2.05) is 94.4 Å². The highest BCUT2D eigenvalue weighted by molar-refractivity contribution is 5.79. The second kappa shape index (κ2) is 14.3. The molecule has 8 heteroatoms. The molecule has 0 bridgehead atoms. The zero-order valence-electron chi connectivity index (χ0n) is 24.9. The smallest absolute Gasteiger partial charge is 0.260 e. The van der Waals surface area contributed by atoms with Crippen LogP contribution in [0.2, 0.25) is 0 Å². The highest BCUT2D eigenvalue weighted by Crippen LogP contribution is 2.26. The van der Waals surface area contributed by atoms with Crippen molar-refractivity contribution in [2.24, 2.45) is 0 Å². The van der Waals surface area contributed by atoms with E-state index >= 15 is 0 Å². The summed E-state index contributed by atoms with van der Waals surface area (Å²) in [5.41, 5.74) is 4.62. The number of carbonyl (C=O) groups is 2. The molecule has 1 aliphatic rings. The third-order valence-electron chi connectivity index (χ3n) is 7.93. The number of aryl methyl sites for hydroxylation is 4. The molecule has 4 rings (SSSR count). The summed E-state index contributed by atoms with van der Waals surface area (Å²) in [7, 11) is 0. The lowest BCUT2D eigenvalue weighted by atomic mass is 9.93. The summed E-state index contributed by atoms with van der Waals surface area (Å²) in [6, 6.07) is 19.6. The first-order valence-corrected chi connectivity index (χ1v) is 14.5. The molecule has 0 spiro atoms. The van der Waals surface area contributed by atoms with Gasteiger partial charge in [0.1, 0.15) is 23.7 Å². The quantitative estimate of drug-likeness (QED) is 0.304. The maximum Gasteiger partial charge on any atom is 0.260 e. The second-order valence-corrected chi connectivity index (χ2v) is 11.2. The zero-order chi connectivity index (χ0) is 30.2. The number of likely N-dealkylation sites (tertiary alicyclic amines) is 1. The van der Waals surface area contributed by atoms with E-state index in [2.05, 4.69) is 5.32 Å². The standard InChI is InChI=1S/C34H42N2O6/c1-22-11-8-12-23(2)33(22)41-20-29(37)35-27(19-26-15-6-5-7-16-26)31(39)32(40)28-17-10-18-36(28)30(38)21-42-34-24(3)13-9-14-25(34)4/h5-9,11-16,27-28,31-32,39-40H,10,17-21H2,1-4H3,(H,35,37)/t27-,28+,31?,32?/m0/s1. The molecular weight excluding hydrogens is 532 g/mol. The van der Waals surface area contributed by atoms with Crippen LogP contribution in [0.5, 0.6) is 11.5 Å². The van der Waals surface area contributed by atoms with Crippen molar-refractivity contribution in [2.45, 2.75) is 71.2 Å². The average Bonchev–Trinajstić information content (AvgIpc) is 3.46. The van der Waals surface area contributed by atoms with Crippen LogP contribution in [0.1, 0.15) is 40.7 Å². The number of aliphatic hydroxyl groups excluding tert-OH is 2. The topological polar surface area (TPSA) is 108 Å². The monoisotopic (exact) mass is 574 g/mol. The lowest BCUT2D eigenvalue weighted by molar-refractivity contribution is -0.139. The Morgan fingerprint density at radius 1 is 0.833 bits per heavy atom. The molecule has 0 aliphatic carbocycles. The second-order valence-electron chi connectivity index (χ2n) is 11.2. The maximum absolute atomic E-state index is 13.2. The molecule has 1 fully saturated rings. The predicted octanol–water partition coefficient (Wildman–Crippen LogP) is 3.82. The van der Waals surface area contributed by atoms with E-state index in [0.29, 0.717) is 37.3 Å². The van der Waals surface area contributed by atoms with Gasteiger partial charge in [0.25, 0.3) is 11.8 Å². The summed E-state index contributed by atoms with van der Waals surface area (Å²) in [4.78, 5) is 27.8. The number of rotatable bonds is 12. The van der Waals surface area contributed by atoms with Gasteiger partial charge in [0, 0.05) is 6.54 Å². The van der Waals surface area contributed by atoms with Crippen LogP contribution in [-0.4, -0.2) is 71.0 Å². The first kappa shape index (κ1) is 31.1. The lowest BCUT2D eigenvalue weighted by Gasteiger charge is -2.35. The Bertz CT molecular complexity index is 1320.